The number of rotatable bonds is 8. The van der Waals surface area contributed by atoms with Crippen LogP contribution in [0.15, 0.2) is 30.3 Å². The first kappa shape index (κ1) is 17.0. The van der Waals surface area contributed by atoms with Gasteiger partial charge in [0.05, 0.1) is 6.61 Å². The molecule has 4 heteroatoms. The molecule has 1 unspecified atom stereocenters. The Morgan fingerprint density at radius 3 is 2.91 bits per heavy atom. The summed E-state index contributed by atoms with van der Waals surface area (Å²) >= 11 is 0. The summed E-state index contributed by atoms with van der Waals surface area (Å²) in [5.41, 5.74) is 1.31. The fraction of sp³-hybridized carbons (Fsp3) is 0.611. The minimum absolute atomic E-state index is 0.00686. The molecule has 0 aliphatic carbocycles. The van der Waals surface area contributed by atoms with Crippen LogP contribution < -0.4 is 0 Å². The summed E-state index contributed by atoms with van der Waals surface area (Å²) in [5, 5.41) is 0. The van der Waals surface area contributed by atoms with Crippen molar-refractivity contribution in [2.45, 2.75) is 45.3 Å². The molecule has 4 nitrogen and oxygen atoms in total. The fourth-order valence-electron chi connectivity index (χ4n) is 2.64. The molecule has 1 saturated heterocycles. The molecular weight excluding hydrogens is 278 g/mol. The van der Waals surface area contributed by atoms with Crippen molar-refractivity contribution in [1.29, 1.82) is 0 Å². The molecule has 1 atom stereocenters. The zero-order valence-corrected chi connectivity index (χ0v) is 13.5. The monoisotopic (exact) mass is 305 g/mol. The molecule has 1 aromatic rings. The SMILES string of the molecule is CCCCCC(=O)OCC1CN(Cc2ccccc2)CCO1. The fourth-order valence-corrected chi connectivity index (χ4v) is 2.64. The average molecular weight is 305 g/mol. The summed E-state index contributed by atoms with van der Waals surface area (Å²) in [4.78, 5) is 14.0. The van der Waals surface area contributed by atoms with E-state index in [4.69, 9.17) is 9.47 Å². The van der Waals surface area contributed by atoms with Gasteiger partial charge in [-0.15, -0.1) is 0 Å². The second-order valence-electron chi connectivity index (χ2n) is 5.85. The smallest absolute Gasteiger partial charge is 0.305 e. The van der Waals surface area contributed by atoms with Crippen LogP contribution in [0.5, 0.6) is 0 Å². The summed E-state index contributed by atoms with van der Waals surface area (Å²) in [6, 6.07) is 10.4. The Balaban J connectivity index is 1.68. The topological polar surface area (TPSA) is 38.8 Å². The Morgan fingerprint density at radius 1 is 1.32 bits per heavy atom. The van der Waals surface area contributed by atoms with E-state index in [9.17, 15) is 4.79 Å². The molecule has 0 bridgehead atoms. The number of hydrogen-bond donors (Lipinski definition) is 0. The first-order chi connectivity index (χ1) is 10.8. The number of morpholine rings is 1. The number of benzene rings is 1. The molecular formula is C18H27NO3. The number of esters is 1. The summed E-state index contributed by atoms with van der Waals surface area (Å²) < 4.78 is 11.0. The van der Waals surface area contributed by atoms with Gasteiger partial charge in [-0.25, -0.2) is 0 Å². The van der Waals surface area contributed by atoms with Gasteiger partial charge in [0.15, 0.2) is 0 Å². The van der Waals surface area contributed by atoms with E-state index in [1.54, 1.807) is 0 Å². The molecule has 0 N–H and O–H groups in total. The molecule has 2 rings (SSSR count). The second-order valence-corrected chi connectivity index (χ2v) is 5.85. The lowest BCUT2D eigenvalue weighted by molar-refractivity contribution is -0.150. The molecule has 1 aliphatic heterocycles. The first-order valence-corrected chi connectivity index (χ1v) is 8.31. The van der Waals surface area contributed by atoms with Crippen molar-refractivity contribution < 1.29 is 14.3 Å². The van der Waals surface area contributed by atoms with Crippen LogP contribution >= 0.6 is 0 Å². The molecule has 1 heterocycles. The van der Waals surface area contributed by atoms with Gasteiger partial charge in [0.2, 0.25) is 0 Å². The van der Waals surface area contributed by atoms with Crippen LogP contribution in [0, 0.1) is 0 Å². The molecule has 0 radical (unpaired) electrons. The summed E-state index contributed by atoms with van der Waals surface area (Å²) in [7, 11) is 0. The minimum atomic E-state index is -0.0998. The zero-order chi connectivity index (χ0) is 15.6. The van der Waals surface area contributed by atoms with Gasteiger partial charge in [-0.2, -0.15) is 0 Å². The normalized spacial score (nSPS) is 19.0. The van der Waals surface area contributed by atoms with Crippen LogP contribution in [0.3, 0.4) is 0 Å². The Bertz CT molecular complexity index is 435. The summed E-state index contributed by atoms with van der Waals surface area (Å²) in [6.45, 7) is 5.86. The lowest BCUT2D eigenvalue weighted by Crippen LogP contribution is -2.44. The van der Waals surface area contributed by atoms with E-state index < -0.39 is 0 Å². The molecule has 1 aromatic carbocycles. The molecule has 1 aliphatic rings. The average Bonchev–Trinajstić information content (AvgIpc) is 2.55. The van der Waals surface area contributed by atoms with Gasteiger partial charge in [0.1, 0.15) is 12.7 Å². The number of hydrogen-bond acceptors (Lipinski definition) is 4. The quantitative estimate of drug-likeness (QED) is 0.547. The van der Waals surface area contributed by atoms with Crippen molar-refractivity contribution in [2.75, 3.05) is 26.3 Å². The molecule has 122 valence electrons. The first-order valence-electron chi connectivity index (χ1n) is 8.31. The van der Waals surface area contributed by atoms with E-state index in [-0.39, 0.29) is 12.1 Å². The van der Waals surface area contributed by atoms with E-state index in [0.717, 1.165) is 38.9 Å². The van der Waals surface area contributed by atoms with E-state index in [2.05, 4.69) is 36.1 Å². The highest BCUT2D eigenvalue weighted by Gasteiger charge is 2.21. The standard InChI is InChI=1S/C18H27NO3/c1-2-3-5-10-18(20)22-15-17-14-19(11-12-21-17)13-16-8-6-4-7-9-16/h4,6-9,17H,2-3,5,10-15H2,1H3. The third-order valence-electron chi connectivity index (χ3n) is 3.89. The summed E-state index contributed by atoms with van der Waals surface area (Å²) in [6.07, 6.45) is 3.63. The number of ether oxygens (including phenoxy) is 2. The van der Waals surface area contributed by atoms with Crippen molar-refractivity contribution in [3.63, 3.8) is 0 Å². The Labute approximate surface area is 133 Å². The zero-order valence-electron chi connectivity index (χ0n) is 13.5. The lowest BCUT2D eigenvalue weighted by Gasteiger charge is -2.32. The van der Waals surface area contributed by atoms with Crippen molar-refractivity contribution >= 4 is 5.97 Å². The van der Waals surface area contributed by atoms with Gasteiger partial charge in [-0.1, -0.05) is 50.1 Å². The minimum Gasteiger partial charge on any atom is -0.463 e. The molecule has 22 heavy (non-hydrogen) atoms. The van der Waals surface area contributed by atoms with Gasteiger partial charge in [-0.05, 0) is 12.0 Å². The maximum absolute atomic E-state index is 11.6. The number of carbonyl (C=O) groups excluding carboxylic acids is 1. The van der Waals surface area contributed by atoms with Crippen LogP contribution in [0.2, 0.25) is 0 Å². The maximum atomic E-state index is 11.6. The third kappa shape index (κ3) is 6.16. The Hall–Kier alpha value is -1.39. The van der Waals surface area contributed by atoms with E-state index >= 15 is 0 Å². The van der Waals surface area contributed by atoms with Crippen LogP contribution in [0.1, 0.15) is 38.2 Å². The van der Waals surface area contributed by atoms with Crippen LogP contribution in [-0.2, 0) is 20.8 Å². The second kappa shape index (κ2) is 9.59. The highest BCUT2D eigenvalue weighted by molar-refractivity contribution is 5.69. The predicted molar refractivity (Wildman–Crippen MR) is 86.6 cm³/mol. The van der Waals surface area contributed by atoms with Crippen LogP contribution in [-0.4, -0.2) is 43.3 Å². The van der Waals surface area contributed by atoms with E-state index in [1.165, 1.54) is 5.56 Å². The number of nitrogens with zero attached hydrogens (tertiary/aromatic N) is 1. The van der Waals surface area contributed by atoms with Crippen LogP contribution in [0.4, 0.5) is 0 Å². The van der Waals surface area contributed by atoms with Gasteiger partial charge in [0.25, 0.3) is 0 Å². The maximum Gasteiger partial charge on any atom is 0.305 e. The van der Waals surface area contributed by atoms with Crippen LogP contribution in [0.25, 0.3) is 0 Å². The van der Waals surface area contributed by atoms with Crippen molar-refractivity contribution in [1.82, 2.24) is 4.90 Å². The highest BCUT2D eigenvalue weighted by Crippen LogP contribution is 2.11. The van der Waals surface area contributed by atoms with Crippen molar-refractivity contribution in [3.8, 4) is 0 Å². The third-order valence-corrected chi connectivity index (χ3v) is 3.89. The largest absolute Gasteiger partial charge is 0.463 e. The van der Waals surface area contributed by atoms with E-state index in [1.807, 2.05) is 6.07 Å². The molecule has 0 saturated carbocycles. The predicted octanol–water partition coefficient (Wildman–Crippen LogP) is 3.01. The Kier molecular flexibility index (Phi) is 7.40. The Morgan fingerprint density at radius 2 is 2.14 bits per heavy atom. The number of carbonyl (C=O) groups is 1. The molecule has 0 amide bonds. The van der Waals surface area contributed by atoms with Crippen molar-refractivity contribution in [2.24, 2.45) is 0 Å². The van der Waals surface area contributed by atoms with Gasteiger partial charge >= 0.3 is 5.97 Å². The molecule has 0 aromatic heterocycles. The van der Waals surface area contributed by atoms with Gasteiger partial charge in [0, 0.05) is 26.1 Å². The van der Waals surface area contributed by atoms with Gasteiger partial charge < -0.3 is 9.47 Å². The number of unbranched alkanes of at least 4 members (excludes halogenated alkanes) is 2. The van der Waals surface area contributed by atoms with Crippen molar-refractivity contribution in [3.05, 3.63) is 35.9 Å². The lowest BCUT2D eigenvalue weighted by atomic mass is 10.2. The van der Waals surface area contributed by atoms with Gasteiger partial charge in [-0.3, -0.25) is 9.69 Å². The molecule has 1 fully saturated rings. The molecule has 0 spiro atoms. The van der Waals surface area contributed by atoms with E-state index in [0.29, 0.717) is 19.6 Å². The summed E-state index contributed by atoms with van der Waals surface area (Å²) in [5.74, 6) is -0.0998. The highest BCUT2D eigenvalue weighted by atomic mass is 16.6.